The maximum Gasteiger partial charge on any atom is 0.263 e. The molecule has 0 aliphatic heterocycles. The van der Waals surface area contributed by atoms with Crippen LogP contribution in [0.1, 0.15) is 28.7 Å². The first-order valence-electron chi connectivity index (χ1n) is 5.95. The Hall–Kier alpha value is -2.10. The Bertz CT molecular complexity index is 527. The van der Waals surface area contributed by atoms with Gasteiger partial charge in [-0.05, 0) is 32.9 Å². The van der Waals surface area contributed by atoms with Crippen LogP contribution >= 0.6 is 0 Å². The maximum absolute atomic E-state index is 12.5. The Kier molecular flexibility index (Phi) is 3.46. The minimum atomic E-state index is -0.0695. The van der Waals surface area contributed by atoms with Crippen molar-refractivity contribution < 1.29 is 9.32 Å². The second-order valence-corrected chi connectivity index (χ2v) is 4.08. The third kappa shape index (κ3) is 2.14. The van der Waals surface area contributed by atoms with Gasteiger partial charge in [0.15, 0.2) is 0 Å². The maximum atomic E-state index is 12.5. The molecule has 0 spiro atoms. The van der Waals surface area contributed by atoms with Crippen molar-refractivity contribution in [3.05, 3.63) is 47.3 Å². The van der Waals surface area contributed by atoms with Crippen LogP contribution in [0.15, 0.2) is 34.9 Å². The molecule has 0 atom stereocenters. The molecule has 4 nitrogen and oxygen atoms in total. The summed E-state index contributed by atoms with van der Waals surface area (Å²) in [6.45, 7) is 6.09. The molecule has 4 heteroatoms. The van der Waals surface area contributed by atoms with Gasteiger partial charge in [0.1, 0.15) is 11.3 Å². The van der Waals surface area contributed by atoms with Gasteiger partial charge in [-0.15, -0.1) is 0 Å². The summed E-state index contributed by atoms with van der Waals surface area (Å²) < 4.78 is 5.05. The second-order valence-electron chi connectivity index (χ2n) is 4.08. The van der Waals surface area contributed by atoms with Crippen LogP contribution in [0, 0.1) is 13.8 Å². The number of hydrogen-bond acceptors (Lipinski definition) is 3. The van der Waals surface area contributed by atoms with Crippen LogP contribution in [0.25, 0.3) is 0 Å². The van der Waals surface area contributed by atoms with Gasteiger partial charge >= 0.3 is 0 Å². The molecule has 0 fully saturated rings. The van der Waals surface area contributed by atoms with Gasteiger partial charge in [0, 0.05) is 12.2 Å². The molecule has 0 N–H and O–H groups in total. The molecule has 0 aliphatic rings. The average Bonchev–Trinajstić information content (AvgIpc) is 2.71. The number of para-hydroxylation sites is 1. The number of nitrogens with zero attached hydrogens (tertiary/aromatic N) is 2. The largest absolute Gasteiger partial charge is 0.361 e. The summed E-state index contributed by atoms with van der Waals surface area (Å²) in [5.41, 5.74) is 2.07. The van der Waals surface area contributed by atoms with Crippen LogP contribution in [0.5, 0.6) is 0 Å². The monoisotopic (exact) mass is 244 g/mol. The molecule has 0 radical (unpaired) electrons. The SMILES string of the molecule is CCN(C(=O)c1c(C)noc1C)c1ccccc1. The van der Waals surface area contributed by atoms with Gasteiger partial charge in [0.05, 0.1) is 5.69 Å². The summed E-state index contributed by atoms with van der Waals surface area (Å²) in [5.74, 6) is 0.492. The minimum Gasteiger partial charge on any atom is -0.361 e. The third-order valence-electron chi connectivity index (χ3n) is 2.88. The predicted octanol–water partition coefficient (Wildman–Crippen LogP) is 2.96. The number of anilines is 1. The Morgan fingerprint density at radius 2 is 1.94 bits per heavy atom. The number of carbonyl (C=O) groups is 1. The van der Waals surface area contributed by atoms with E-state index in [2.05, 4.69) is 5.16 Å². The summed E-state index contributed by atoms with van der Waals surface area (Å²) in [5, 5.41) is 3.83. The van der Waals surface area contributed by atoms with E-state index in [1.807, 2.05) is 37.3 Å². The highest BCUT2D eigenvalue weighted by Crippen LogP contribution is 2.20. The normalized spacial score (nSPS) is 10.4. The number of aryl methyl sites for hydroxylation is 2. The molecule has 1 amide bonds. The van der Waals surface area contributed by atoms with E-state index in [4.69, 9.17) is 4.52 Å². The number of benzene rings is 1. The lowest BCUT2D eigenvalue weighted by Crippen LogP contribution is -2.31. The lowest BCUT2D eigenvalue weighted by Gasteiger charge is -2.20. The van der Waals surface area contributed by atoms with Gasteiger partial charge in [-0.3, -0.25) is 4.79 Å². The standard InChI is InChI=1S/C14H16N2O2/c1-4-16(12-8-6-5-7-9-12)14(17)13-10(2)15-18-11(13)3/h5-9H,4H2,1-3H3. The molecule has 0 unspecified atom stereocenters. The van der Waals surface area contributed by atoms with Crippen molar-refractivity contribution >= 4 is 11.6 Å². The van der Waals surface area contributed by atoms with Crippen LogP contribution in [0.4, 0.5) is 5.69 Å². The molecule has 94 valence electrons. The number of hydrogen-bond donors (Lipinski definition) is 0. The van der Waals surface area contributed by atoms with Crippen LogP contribution in [0.3, 0.4) is 0 Å². The highest BCUT2D eigenvalue weighted by molar-refractivity contribution is 6.07. The predicted molar refractivity (Wildman–Crippen MR) is 69.8 cm³/mol. The van der Waals surface area contributed by atoms with Gasteiger partial charge in [0.2, 0.25) is 0 Å². The molecule has 1 aromatic carbocycles. The van der Waals surface area contributed by atoms with Crippen molar-refractivity contribution in [2.75, 3.05) is 11.4 Å². The van der Waals surface area contributed by atoms with Crippen LogP contribution in [0.2, 0.25) is 0 Å². The zero-order valence-electron chi connectivity index (χ0n) is 10.8. The van der Waals surface area contributed by atoms with Gasteiger partial charge in [-0.1, -0.05) is 23.4 Å². The molecule has 2 rings (SSSR count). The van der Waals surface area contributed by atoms with Crippen molar-refractivity contribution in [3.8, 4) is 0 Å². The quantitative estimate of drug-likeness (QED) is 0.833. The topological polar surface area (TPSA) is 46.3 Å². The number of rotatable bonds is 3. The van der Waals surface area contributed by atoms with Crippen molar-refractivity contribution in [1.82, 2.24) is 5.16 Å². The summed E-state index contributed by atoms with van der Waals surface area (Å²) in [6.07, 6.45) is 0. The molecular weight excluding hydrogens is 228 g/mol. The zero-order chi connectivity index (χ0) is 13.1. The summed E-state index contributed by atoms with van der Waals surface area (Å²) >= 11 is 0. The lowest BCUT2D eigenvalue weighted by molar-refractivity contribution is 0.0986. The molecule has 0 bridgehead atoms. The first kappa shape index (κ1) is 12.4. The molecule has 0 saturated carbocycles. The summed E-state index contributed by atoms with van der Waals surface area (Å²) in [6, 6.07) is 9.59. The Balaban J connectivity index is 2.38. The fourth-order valence-electron chi connectivity index (χ4n) is 1.97. The average molecular weight is 244 g/mol. The van der Waals surface area contributed by atoms with E-state index in [1.165, 1.54) is 0 Å². The lowest BCUT2D eigenvalue weighted by atomic mass is 10.1. The van der Waals surface area contributed by atoms with E-state index in [0.29, 0.717) is 23.6 Å². The van der Waals surface area contributed by atoms with E-state index in [-0.39, 0.29) is 5.91 Å². The highest BCUT2D eigenvalue weighted by atomic mass is 16.5. The van der Waals surface area contributed by atoms with Crippen molar-refractivity contribution in [1.29, 1.82) is 0 Å². The van der Waals surface area contributed by atoms with E-state index < -0.39 is 0 Å². The fourth-order valence-corrected chi connectivity index (χ4v) is 1.97. The van der Waals surface area contributed by atoms with Gasteiger partial charge in [-0.25, -0.2) is 0 Å². The molecule has 18 heavy (non-hydrogen) atoms. The van der Waals surface area contributed by atoms with Gasteiger partial charge in [-0.2, -0.15) is 0 Å². The number of carbonyl (C=O) groups excluding carboxylic acids is 1. The van der Waals surface area contributed by atoms with E-state index in [0.717, 1.165) is 5.69 Å². The minimum absolute atomic E-state index is 0.0695. The second kappa shape index (κ2) is 5.04. The van der Waals surface area contributed by atoms with E-state index in [1.54, 1.807) is 18.7 Å². The van der Waals surface area contributed by atoms with E-state index in [9.17, 15) is 4.79 Å². The van der Waals surface area contributed by atoms with Gasteiger partial charge < -0.3 is 9.42 Å². The van der Waals surface area contributed by atoms with Crippen LogP contribution < -0.4 is 4.90 Å². The van der Waals surface area contributed by atoms with Crippen LogP contribution in [-0.4, -0.2) is 17.6 Å². The van der Waals surface area contributed by atoms with Crippen molar-refractivity contribution in [2.24, 2.45) is 0 Å². The van der Waals surface area contributed by atoms with Crippen molar-refractivity contribution in [2.45, 2.75) is 20.8 Å². The summed E-state index contributed by atoms with van der Waals surface area (Å²) in [7, 11) is 0. The molecule has 0 saturated heterocycles. The first-order chi connectivity index (χ1) is 8.65. The fraction of sp³-hybridized carbons (Fsp3) is 0.286. The molecule has 1 aromatic heterocycles. The zero-order valence-corrected chi connectivity index (χ0v) is 10.8. The Labute approximate surface area is 106 Å². The number of aromatic nitrogens is 1. The third-order valence-corrected chi connectivity index (χ3v) is 2.88. The van der Waals surface area contributed by atoms with Crippen molar-refractivity contribution in [3.63, 3.8) is 0 Å². The Morgan fingerprint density at radius 3 is 2.44 bits per heavy atom. The molecule has 1 heterocycles. The van der Waals surface area contributed by atoms with Crippen LogP contribution in [-0.2, 0) is 0 Å². The summed E-state index contributed by atoms with van der Waals surface area (Å²) in [4.78, 5) is 14.2. The molecule has 0 aliphatic carbocycles. The van der Waals surface area contributed by atoms with E-state index >= 15 is 0 Å². The number of amides is 1. The first-order valence-corrected chi connectivity index (χ1v) is 5.95. The highest BCUT2D eigenvalue weighted by Gasteiger charge is 2.23. The smallest absolute Gasteiger partial charge is 0.263 e. The molecular formula is C14H16N2O2. The Morgan fingerprint density at radius 1 is 1.28 bits per heavy atom. The molecule has 2 aromatic rings. The van der Waals surface area contributed by atoms with Gasteiger partial charge in [0.25, 0.3) is 5.91 Å².